The quantitative estimate of drug-likeness (QED) is 0.775. The number of hydrogen-bond acceptors (Lipinski definition) is 5. The van der Waals surface area contributed by atoms with Crippen molar-refractivity contribution in [1.82, 2.24) is 14.5 Å². The van der Waals surface area contributed by atoms with Crippen LogP contribution in [-0.4, -0.2) is 46.5 Å². The number of nitrogens with zero attached hydrogens (tertiary/aromatic N) is 3. The van der Waals surface area contributed by atoms with Crippen LogP contribution in [-0.2, 0) is 22.5 Å². The second-order valence-corrected chi connectivity index (χ2v) is 4.33. The lowest BCUT2D eigenvalue weighted by Crippen LogP contribution is -2.30. The molecule has 0 saturated carbocycles. The molecular formula is C13H22N4O3. The number of anilines is 1. The second-order valence-electron chi connectivity index (χ2n) is 4.33. The molecule has 0 atom stereocenters. The Morgan fingerprint density at radius 1 is 1.35 bits per heavy atom. The van der Waals surface area contributed by atoms with Gasteiger partial charge in [-0.3, -0.25) is 4.79 Å². The molecule has 7 nitrogen and oxygen atoms in total. The molecule has 1 aromatic heterocycles. The lowest BCUT2D eigenvalue weighted by atomic mass is 10.4. The third-order valence-electron chi connectivity index (χ3n) is 3.06. The molecule has 0 aliphatic heterocycles. The molecule has 1 amide bonds. The van der Waals surface area contributed by atoms with Crippen molar-refractivity contribution >= 4 is 17.7 Å². The zero-order valence-corrected chi connectivity index (χ0v) is 12.5. The van der Waals surface area contributed by atoms with E-state index < -0.39 is 5.97 Å². The van der Waals surface area contributed by atoms with Gasteiger partial charge in [0.1, 0.15) is 18.2 Å². The van der Waals surface area contributed by atoms with Crippen LogP contribution in [0.1, 0.15) is 37.1 Å². The fraction of sp³-hybridized carbons (Fsp3) is 0.615. The van der Waals surface area contributed by atoms with Gasteiger partial charge in [-0.05, 0) is 13.8 Å². The van der Waals surface area contributed by atoms with Crippen molar-refractivity contribution in [2.24, 2.45) is 0 Å². The maximum atomic E-state index is 12.0. The number of esters is 1. The number of carbonyl (C=O) groups is 2. The molecule has 1 heterocycles. The highest BCUT2D eigenvalue weighted by Crippen LogP contribution is 2.16. The molecule has 0 unspecified atom stereocenters. The summed E-state index contributed by atoms with van der Waals surface area (Å²) in [6.45, 7) is 6.43. The summed E-state index contributed by atoms with van der Waals surface area (Å²) in [6.07, 6.45) is 0.576. The summed E-state index contributed by atoms with van der Waals surface area (Å²) in [7, 11) is 1.72. The lowest BCUT2D eigenvalue weighted by molar-refractivity contribution is -0.130. The third-order valence-corrected chi connectivity index (χ3v) is 3.06. The van der Waals surface area contributed by atoms with Gasteiger partial charge in [0.05, 0.1) is 6.61 Å². The molecule has 0 aliphatic rings. The highest BCUT2D eigenvalue weighted by Gasteiger charge is 2.22. The molecule has 112 valence electrons. The molecule has 20 heavy (non-hydrogen) atoms. The first-order valence-electron chi connectivity index (χ1n) is 6.72. The number of ether oxygens (including phenoxy) is 1. The number of nitrogens with two attached hydrogens (primary N) is 1. The van der Waals surface area contributed by atoms with Gasteiger partial charge in [0.2, 0.25) is 5.91 Å². The van der Waals surface area contributed by atoms with E-state index in [2.05, 4.69) is 4.98 Å². The van der Waals surface area contributed by atoms with E-state index in [1.807, 2.05) is 13.8 Å². The van der Waals surface area contributed by atoms with Gasteiger partial charge in [-0.25, -0.2) is 9.78 Å². The van der Waals surface area contributed by atoms with Gasteiger partial charge in [0, 0.05) is 20.0 Å². The number of amides is 1. The normalized spacial score (nSPS) is 10.4. The van der Waals surface area contributed by atoms with Gasteiger partial charge in [-0.15, -0.1) is 0 Å². The van der Waals surface area contributed by atoms with Gasteiger partial charge in [-0.2, -0.15) is 0 Å². The van der Waals surface area contributed by atoms with Crippen LogP contribution in [0.2, 0.25) is 0 Å². The van der Waals surface area contributed by atoms with Crippen LogP contribution in [0.15, 0.2) is 0 Å². The molecule has 0 saturated heterocycles. The van der Waals surface area contributed by atoms with Gasteiger partial charge in [-0.1, -0.05) is 6.92 Å². The molecule has 2 N–H and O–H groups in total. The minimum absolute atomic E-state index is 0.0752. The fourth-order valence-corrected chi connectivity index (χ4v) is 1.74. The average Bonchev–Trinajstić information content (AvgIpc) is 2.75. The third kappa shape index (κ3) is 3.28. The first kappa shape index (κ1) is 16.0. The minimum atomic E-state index is -0.560. The molecule has 0 spiro atoms. The molecule has 0 aliphatic carbocycles. The second kappa shape index (κ2) is 6.93. The zero-order chi connectivity index (χ0) is 15.3. The average molecular weight is 282 g/mol. The van der Waals surface area contributed by atoms with E-state index in [4.69, 9.17) is 10.5 Å². The summed E-state index contributed by atoms with van der Waals surface area (Å²) in [5.41, 5.74) is 6.01. The van der Waals surface area contributed by atoms with E-state index in [0.29, 0.717) is 18.8 Å². The molecule has 7 heteroatoms. The van der Waals surface area contributed by atoms with Crippen molar-refractivity contribution in [3.63, 3.8) is 0 Å². The number of rotatable bonds is 6. The summed E-state index contributed by atoms with van der Waals surface area (Å²) in [5.74, 6) is 0.137. The van der Waals surface area contributed by atoms with Crippen LogP contribution in [0.25, 0.3) is 0 Å². The van der Waals surface area contributed by atoms with Crippen molar-refractivity contribution in [2.45, 2.75) is 33.7 Å². The van der Waals surface area contributed by atoms with E-state index >= 15 is 0 Å². The predicted octanol–water partition coefficient (Wildman–Crippen LogP) is 0.683. The maximum Gasteiger partial charge on any atom is 0.360 e. The van der Waals surface area contributed by atoms with Crippen molar-refractivity contribution in [3.8, 4) is 0 Å². The highest BCUT2D eigenvalue weighted by atomic mass is 16.5. The smallest absolute Gasteiger partial charge is 0.360 e. The van der Waals surface area contributed by atoms with E-state index in [1.54, 1.807) is 23.4 Å². The summed E-state index contributed by atoms with van der Waals surface area (Å²) in [5, 5.41) is 0. The Labute approximate surface area is 118 Å². The maximum absolute atomic E-state index is 12.0. The number of nitrogen functional groups attached to an aromatic ring is 1. The van der Waals surface area contributed by atoms with Crippen molar-refractivity contribution < 1.29 is 14.3 Å². The first-order valence-corrected chi connectivity index (χ1v) is 6.72. The Morgan fingerprint density at radius 3 is 2.50 bits per heavy atom. The highest BCUT2D eigenvalue weighted by molar-refractivity contribution is 5.92. The van der Waals surface area contributed by atoms with Crippen LogP contribution < -0.4 is 5.73 Å². The Kier molecular flexibility index (Phi) is 5.54. The lowest BCUT2D eigenvalue weighted by Gasteiger charge is -2.16. The summed E-state index contributed by atoms with van der Waals surface area (Å²) in [4.78, 5) is 29.5. The number of carbonyl (C=O) groups excluding carboxylic acids is 2. The van der Waals surface area contributed by atoms with E-state index in [0.717, 1.165) is 0 Å². The van der Waals surface area contributed by atoms with Crippen LogP contribution in [0.4, 0.5) is 5.82 Å². The van der Waals surface area contributed by atoms with Gasteiger partial charge >= 0.3 is 5.97 Å². The van der Waals surface area contributed by atoms with E-state index in [-0.39, 0.29) is 30.6 Å². The van der Waals surface area contributed by atoms with Crippen molar-refractivity contribution in [2.75, 3.05) is 25.9 Å². The fourth-order valence-electron chi connectivity index (χ4n) is 1.74. The standard InChI is InChI=1S/C13H22N4O3/c1-5-9-15-11(13(19)20-7-3)12(14)17(9)8-10(18)16(4)6-2/h5-8,14H2,1-4H3. The Hall–Kier alpha value is -2.05. The zero-order valence-electron chi connectivity index (χ0n) is 12.5. The van der Waals surface area contributed by atoms with Crippen LogP contribution in [0, 0.1) is 0 Å². The molecule has 1 rings (SSSR count). The molecule has 0 fully saturated rings. The van der Waals surface area contributed by atoms with Crippen LogP contribution in [0.5, 0.6) is 0 Å². The molecule has 0 bridgehead atoms. The van der Waals surface area contributed by atoms with Crippen molar-refractivity contribution in [1.29, 1.82) is 0 Å². The molecular weight excluding hydrogens is 260 g/mol. The monoisotopic (exact) mass is 282 g/mol. The van der Waals surface area contributed by atoms with Crippen molar-refractivity contribution in [3.05, 3.63) is 11.5 Å². The Bertz CT molecular complexity index is 496. The summed E-state index contributed by atoms with van der Waals surface area (Å²) < 4.78 is 6.48. The summed E-state index contributed by atoms with van der Waals surface area (Å²) >= 11 is 0. The van der Waals surface area contributed by atoms with Gasteiger partial charge in [0.25, 0.3) is 0 Å². The molecule has 0 aromatic carbocycles. The SMILES string of the molecule is CCOC(=O)c1nc(CC)n(CC(=O)N(C)CC)c1N. The largest absolute Gasteiger partial charge is 0.461 e. The topological polar surface area (TPSA) is 90.4 Å². The number of hydrogen-bond donors (Lipinski definition) is 1. The number of aryl methyl sites for hydroxylation is 1. The number of imidazole rings is 1. The number of aromatic nitrogens is 2. The van der Waals surface area contributed by atoms with Gasteiger partial charge in [0.15, 0.2) is 5.69 Å². The predicted molar refractivity (Wildman–Crippen MR) is 75.3 cm³/mol. The van der Waals surface area contributed by atoms with Crippen LogP contribution >= 0.6 is 0 Å². The van der Waals surface area contributed by atoms with Crippen LogP contribution in [0.3, 0.4) is 0 Å². The Balaban J connectivity index is 3.07. The molecule has 0 radical (unpaired) electrons. The van der Waals surface area contributed by atoms with Gasteiger partial charge < -0.3 is 19.9 Å². The first-order chi connectivity index (χ1) is 9.46. The summed E-state index contributed by atoms with van der Waals surface area (Å²) in [6, 6.07) is 0. The Morgan fingerprint density at radius 2 is 2.00 bits per heavy atom. The molecule has 1 aromatic rings. The minimum Gasteiger partial charge on any atom is -0.461 e. The van der Waals surface area contributed by atoms with E-state index in [1.165, 1.54) is 0 Å². The van der Waals surface area contributed by atoms with E-state index in [9.17, 15) is 9.59 Å². The number of likely N-dealkylation sites (N-methyl/N-ethyl adjacent to an activating group) is 1.